The minimum atomic E-state index is -0.777. The van der Waals surface area contributed by atoms with E-state index in [4.69, 9.17) is 0 Å². The third-order valence-corrected chi connectivity index (χ3v) is 5.20. The minimum Gasteiger partial charge on any atom is -0.203 e. The van der Waals surface area contributed by atoms with Gasteiger partial charge < -0.3 is 0 Å². The Labute approximate surface area is 125 Å². The highest BCUT2D eigenvalue weighted by atomic mass is 19.2. The summed E-state index contributed by atoms with van der Waals surface area (Å²) in [6, 6.07) is 3.31. The molecule has 21 heavy (non-hydrogen) atoms. The van der Waals surface area contributed by atoms with Crippen LogP contribution in [0, 0.1) is 23.5 Å². The quantitative estimate of drug-likeness (QED) is 0.641. The molecule has 1 aromatic carbocycles. The van der Waals surface area contributed by atoms with E-state index in [1.807, 2.05) is 0 Å². The molecule has 1 fully saturated rings. The molecule has 0 amide bonds. The Kier molecular flexibility index (Phi) is 4.23. The highest BCUT2D eigenvalue weighted by Crippen LogP contribution is 2.41. The molecule has 0 saturated heterocycles. The first-order chi connectivity index (χ1) is 10.2. The van der Waals surface area contributed by atoms with Crippen LogP contribution in [0.15, 0.2) is 24.8 Å². The second-order valence-corrected chi connectivity index (χ2v) is 6.34. The van der Waals surface area contributed by atoms with Crippen molar-refractivity contribution in [2.24, 2.45) is 11.8 Å². The zero-order chi connectivity index (χ0) is 14.8. The zero-order valence-corrected chi connectivity index (χ0v) is 12.4. The van der Waals surface area contributed by atoms with Crippen molar-refractivity contribution in [1.29, 1.82) is 0 Å². The Balaban J connectivity index is 1.79. The molecule has 0 aromatic heterocycles. The van der Waals surface area contributed by atoms with Crippen LogP contribution in [0.5, 0.6) is 0 Å². The maximum atomic E-state index is 14.2. The van der Waals surface area contributed by atoms with Gasteiger partial charge in [-0.1, -0.05) is 56.5 Å². The molecule has 0 bridgehead atoms. The highest BCUT2D eigenvalue weighted by Gasteiger charge is 2.27. The van der Waals surface area contributed by atoms with E-state index in [1.54, 1.807) is 12.1 Å². The van der Waals surface area contributed by atoms with Crippen molar-refractivity contribution in [3.8, 4) is 0 Å². The molecule has 0 heterocycles. The smallest absolute Gasteiger partial charge is 0.166 e. The Morgan fingerprint density at radius 3 is 2.38 bits per heavy atom. The third kappa shape index (κ3) is 2.81. The first-order valence-electron chi connectivity index (χ1n) is 8.00. The number of benzene rings is 1. The van der Waals surface area contributed by atoms with E-state index >= 15 is 0 Å². The predicted molar refractivity (Wildman–Crippen MR) is 83.7 cm³/mol. The molecule has 0 spiro atoms. The summed E-state index contributed by atoms with van der Waals surface area (Å²) in [6.07, 6.45) is 11.9. The summed E-state index contributed by atoms with van der Waals surface area (Å²) < 4.78 is 28.0. The van der Waals surface area contributed by atoms with Crippen molar-refractivity contribution in [2.45, 2.75) is 44.9 Å². The fourth-order valence-electron chi connectivity index (χ4n) is 3.93. The topological polar surface area (TPSA) is 0 Å². The summed E-state index contributed by atoms with van der Waals surface area (Å²) in [5, 5.41) is 0. The Hall–Kier alpha value is -1.44. The molecule has 1 unspecified atom stereocenters. The van der Waals surface area contributed by atoms with Gasteiger partial charge >= 0.3 is 0 Å². The summed E-state index contributed by atoms with van der Waals surface area (Å²) in [5.41, 5.74) is 1.63. The average Bonchev–Trinajstić information content (AvgIpc) is 3.05. The summed E-state index contributed by atoms with van der Waals surface area (Å²) >= 11 is 0. The summed E-state index contributed by atoms with van der Waals surface area (Å²) in [5.74, 6) is 0.100. The van der Waals surface area contributed by atoms with E-state index in [2.05, 4.69) is 12.7 Å². The first-order valence-corrected chi connectivity index (χ1v) is 8.00. The van der Waals surface area contributed by atoms with Gasteiger partial charge in [-0.3, -0.25) is 0 Å². The lowest BCUT2D eigenvalue weighted by atomic mass is 9.78. The first kappa shape index (κ1) is 14.5. The van der Waals surface area contributed by atoms with Gasteiger partial charge in [-0.05, 0) is 36.7 Å². The maximum Gasteiger partial charge on any atom is 0.166 e. The number of rotatable bonds is 3. The second kappa shape index (κ2) is 6.13. The van der Waals surface area contributed by atoms with Crippen LogP contribution in [0.4, 0.5) is 8.78 Å². The number of allylic oxidation sites excluding steroid dienone is 2. The van der Waals surface area contributed by atoms with E-state index in [0.29, 0.717) is 5.56 Å². The van der Waals surface area contributed by atoms with Gasteiger partial charge in [0.05, 0.1) is 0 Å². The average molecular weight is 288 g/mol. The molecule has 2 aliphatic rings. The van der Waals surface area contributed by atoms with Crippen LogP contribution in [0.2, 0.25) is 0 Å². The molecule has 112 valence electrons. The van der Waals surface area contributed by atoms with E-state index < -0.39 is 11.6 Å². The van der Waals surface area contributed by atoms with Crippen LogP contribution in [0.25, 0.3) is 11.6 Å². The molecule has 1 aromatic rings. The Morgan fingerprint density at radius 2 is 1.76 bits per heavy atom. The predicted octanol–water partition coefficient (Wildman–Crippen LogP) is 5.98. The van der Waals surface area contributed by atoms with E-state index in [9.17, 15) is 8.78 Å². The van der Waals surface area contributed by atoms with Crippen molar-refractivity contribution >= 4 is 11.6 Å². The van der Waals surface area contributed by atoms with Crippen LogP contribution < -0.4 is 0 Å². The molecule has 0 aliphatic heterocycles. The molecule has 3 rings (SSSR count). The minimum absolute atomic E-state index is 0.233. The van der Waals surface area contributed by atoms with Crippen LogP contribution in [0.3, 0.4) is 0 Å². The lowest BCUT2D eigenvalue weighted by molar-refractivity contribution is 0.317. The second-order valence-electron chi connectivity index (χ2n) is 6.34. The number of hydrogen-bond donors (Lipinski definition) is 0. The summed E-state index contributed by atoms with van der Waals surface area (Å²) in [6.45, 7) is 3.51. The molecule has 0 nitrogen and oxygen atoms in total. The van der Waals surface area contributed by atoms with Crippen molar-refractivity contribution in [2.75, 3.05) is 0 Å². The normalized spacial score (nSPS) is 23.1. The molecular formula is C19H22F2. The van der Waals surface area contributed by atoms with E-state index in [0.717, 1.165) is 36.7 Å². The Morgan fingerprint density at radius 1 is 1.00 bits per heavy atom. The summed E-state index contributed by atoms with van der Waals surface area (Å²) in [4.78, 5) is 0. The van der Waals surface area contributed by atoms with E-state index in [1.165, 1.54) is 31.8 Å². The monoisotopic (exact) mass is 288 g/mol. The molecule has 0 N–H and O–H groups in total. The van der Waals surface area contributed by atoms with Gasteiger partial charge in [0, 0.05) is 11.1 Å². The molecule has 2 aliphatic carbocycles. The number of hydrogen-bond acceptors (Lipinski definition) is 0. The molecule has 1 atom stereocenters. The fourth-order valence-corrected chi connectivity index (χ4v) is 3.93. The molecule has 1 saturated carbocycles. The van der Waals surface area contributed by atoms with Crippen LogP contribution in [-0.2, 0) is 0 Å². The lowest BCUT2D eigenvalue weighted by Crippen LogP contribution is -2.14. The van der Waals surface area contributed by atoms with Gasteiger partial charge in [0.2, 0.25) is 0 Å². The van der Waals surface area contributed by atoms with Crippen LogP contribution in [-0.4, -0.2) is 0 Å². The fraction of sp³-hybridized carbons (Fsp3) is 0.474. The zero-order valence-electron chi connectivity index (χ0n) is 12.4. The van der Waals surface area contributed by atoms with Gasteiger partial charge in [0.15, 0.2) is 11.6 Å². The van der Waals surface area contributed by atoms with Gasteiger partial charge in [-0.25, -0.2) is 8.78 Å². The van der Waals surface area contributed by atoms with Crippen molar-refractivity contribution in [1.82, 2.24) is 0 Å². The van der Waals surface area contributed by atoms with Crippen molar-refractivity contribution in [3.05, 3.63) is 47.5 Å². The SMILES string of the molecule is C=Cc1ccc(C2=CCC(C3CCCC3)CC2)c(F)c1F. The van der Waals surface area contributed by atoms with Gasteiger partial charge in [-0.15, -0.1) is 0 Å². The van der Waals surface area contributed by atoms with Crippen molar-refractivity contribution < 1.29 is 8.78 Å². The van der Waals surface area contributed by atoms with Crippen molar-refractivity contribution in [3.63, 3.8) is 0 Å². The largest absolute Gasteiger partial charge is 0.203 e. The van der Waals surface area contributed by atoms with Gasteiger partial charge in [0.1, 0.15) is 0 Å². The molecular weight excluding hydrogens is 266 g/mol. The molecule has 0 radical (unpaired) electrons. The standard InChI is InChI=1S/C19H22F2/c1-2-13-11-12-17(19(21)18(13)20)16-9-7-15(8-10-16)14-5-3-4-6-14/h2,9,11-12,14-15H,1,3-8,10H2. The lowest BCUT2D eigenvalue weighted by Gasteiger charge is -2.27. The van der Waals surface area contributed by atoms with E-state index in [-0.39, 0.29) is 5.56 Å². The van der Waals surface area contributed by atoms with Crippen LogP contribution >= 0.6 is 0 Å². The van der Waals surface area contributed by atoms with Crippen LogP contribution in [0.1, 0.15) is 56.1 Å². The third-order valence-electron chi connectivity index (χ3n) is 5.20. The van der Waals surface area contributed by atoms with Gasteiger partial charge in [-0.2, -0.15) is 0 Å². The Bertz CT molecular complexity index is 565. The number of halogens is 2. The summed E-state index contributed by atoms with van der Waals surface area (Å²) in [7, 11) is 0. The van der Waals surface area contributed by atoms with Gasteiger partial charge in [0.25, 0.3) is 0 Å². The molecule has 2 heteroatoms. The maximum absolute atomic E-state index is 14.2. The highest BCUT2D eigenvalue weighted by molar-refractivity contribution is 5.68.